The van der Waals surface area contributed by atoms with Crippen molar-refractivity contribution < 1.29 is 9.90 Å². The van der Waals surface area contributed by atoms with Gasteiger partial charge in [-0.15, -0.1) is 0 Å². The van der Waals surface area contributed by atoms with Crippen LogP contribution in [0.2, 0.25) is 0 Å². The van der Waals surface area contributed by atoms with Crippen molar-refractivity contribution in [1.29, 1.82) is 0 Å². The van der Waals surface area contributed by atoms with Gasteiger partial charge in [-0.25, -0.2) is 0 Å². The minimum atomic E-state index is -0.745. The van der Waals surface area contributed by atoms with Gasteiger partial charge in [0.15, 0.2) is 0 Å². The van der Waals surface area contributed by atoms with Crippen LogP contribution < -0.4 is 5.32 Å². The lowest BCUT2D eigenvalue weighted by Crippen LogP contribution is -2.54. The zero-order valence-electron chi connectivity index (χ0n) is 10.0. The van der Waals surface area contributed by atoms with E-state index in [2.05, 4.69) is 12.2 Å². The smallest absolute Gasteiger partial charge is 0.323 e. The lowest BCUT2D eigenvalue weighted by Gasteiger charge is -2.34. The molecule has 0 radical (unpaired) electrons. The summed E-state index contributed by atoms with van der Waals surface area (Å²) in [6.07, 6.45) is 5.30. The highest BCUT2D eigenvalue weighted by Crippen LogP contribution is 2.25. The standard InChI is InChI=1S/C12H23NO2/c1-4-12(3,11(14)15)13-10-7-5-9(2)6-8-10/h9-10,13H,4-8H2,1-3H3,(H,14,15). The van der Waals surface area contributed by atoms with E-state index in [0.29, 0.717) is 12.5 Å². The van der Waals surface area contributed by atoms with E-state index in [9.17, 15) is 4.79 Å². The van der Waals surface area contributed by atoms with Gasteiger partial charge in [-0.05, 0) is 44.9 Å². The molecule has 1 saturated carbocycles. The third kappa shape index (κ3) is 3.20. The summed E-state index contributed by atoms with van der Waals surface area (Å²) >= 11 is 0. The molecule has 1 aliphatic rings. The van der Waals surface area contributed by atoms with Crippen molar-refractivity contribution >= 4 is 5.97 Å². The third-order valence-corrected chi connectivity index (χ3v) is 3.72. The van der Waals surface area contributed by atoms with E-state index in [1.54, 1.807) is 6.92 Å². The third-order valence-electron chi connectivity index (χ3n) is 3.72. The molecular formula is C12H23NO2. The summed E-state index contributed by atoms with van der Waals surface area (Å²) in [6.45, 7) is 5.98. The largest absolute Gasteiger partial charge is 0.480 e. The van der Waals surface area contributed by atoms with Gasteiger partial charge in [0.05, 0.1) is 0 Å². The van der Waals surface area contributed by atoms with Gasteiger partial charge in [0, 0.05) is 6.04 Å². The van der Waals surface area contributed by atoms with Crippen LogP contribution >= 0.6 is 0 Å². The van der Waals surface area contributed by atoms with E-state index in [-0.39, 0.29) is 0 Å². The Kier molecular flexibility index (Phi) is 4.14. The quantitative estimate of drug-likeness (QED) is 0.754. The van der Waals surface area contributed by atoms with Crippen LogP contribution in [0.5, 0.6) is 0 Å². The molecule has 2 N–H and O–H groups in total. The first-order valence-corrected chi connectivity index (χ1v) is 5.99. The Morgan fingerprint density at radius 1 is 1.40 bits per heavy atom. The Morgan fingerprint density at radius 2 is 1.93 bits per heavy atom. The number of carboxylic acids is 1. The molecule has 0 heterocycles. The zero-order chi connectivity index (χ0) is 11.5. The molecule has 0 aromatic heterocycles. The molecule has 0 aromatic rings. The molecule has 0 saturated heterocycles. The van der Waals surface area contributed by atoms with E-state index < -0.39 is 11.5 Å². The minimum absolute atomic E-state index is 0.391. The number of hydrogen-bond donors (Lipinski definition) is 2. The summed E-state index contributed by atoms with van der Waals surface area (Å²) in [4.78, 5) is 11.1. The summed E-state index contributed by atoms with van der Waals surface area (Å²) in [6, 6.07) is 0.391. The number of nitrogens with one attached hydrogen (secondary N) is 1. The van der Waals surface area contributed by atoms with Gasteiger partial charge in [-0.2, -0.15) is 0 Å². The van der Waals surface area contributed by atoms with Crippen LogP contribution in [-0.4, -0.2) is 22.7 Å². The fourth-order valence-electron chi connectivity index (χ4n) is 2.17. The lowest BCUT2D eigenvalue weighted by atomic mass is 9.85. The number of hydrogen-bond acceptors (Lipinski definition) is 2. The van der Waals surface area contributed by atoms with Crippen LogP contribution in [0, 0.1) is 5.92 Å². The van der Waals surface area contributed by atoms with Crippen molar-refractivity contribution in [3.63, 3.8) is 0 Å². The summed E-state index contributed by atoms with van der Waals surface area (Å²) < 4.78 is 0. The normalized spacial score (nSPS) is 30.9. The van der Waals surface area contributed by atoms with Gasteiger partial charge in [0.25, 0.3) is 0 Å². The van der Waals surface area contributed by atoms with E-state index in [1.807, 2.05) is 6.92 Å². The van der Waals surface area contributed by atoms with E-state index in [0.717, 1.165) is 18.8 Å². The summed E-state index contributed by atoms with van der Waals surface area (Å²) in [5.41, 5.74) is -0.745. The highest BCUT2D eigenvalue weighted by atomic mass is 16.4. The first-order chi connectivity index (χ1) is 6.98. The number of aliphatic carboxylic acids is 1. The Balaban J connectivity index is 2.49. The van der Waals surface area contributed by atoms with Crippen LogP contribution in [-0.2, 0) is 4.79 Å². The van der Waals surface area contributed by atoms with E-state index >= 15 is 0 Å². The first-order valence-electron chi connectivity index (χ1n) is 5.99. The fraction of sp³-hybridized carbons (Fsp3) is 0.917. The maximum atomic E-state index is 11.1. The molecule has 0 aromatic carbocycles. The molecule has 0 amide bonds. The molecule has 1 aliphatic carbocycles. The highest BCUT2D eigenvalue weighted by Gasteiger charge is 2.34. The van der Waals surface area contributed by atoms with Crippen molar-refractivity contribution in [2.45, 2.75) is 64.5 Å². The number of carboxylic acid groups (broad SMARTS) is 1. The van der Waals surface area contributed by atoms with Crippen molar-refractivity contribution in [3.05, 3.63) is 0 Å². The summed E-state index contributed by atoms with van der Waals surface area (Å²) in [5.74, 6) is 0.0735. The molecule has 1 atom stereocenters. The molecule has 1 fully saturated rings. The second-order valence-electron chi connectivity index (χ2n) is 5.09. The molecule has 1 rings (SSSR count). The second-order valence-corrected chi connectivity index (χ2v) is 5.09. The minimum Gasteiger partial charge on any atom is -0.480 e. The molecular weight excluding hydrogens is 190 g/mol. The van der Waals surface area contributed by atoms with Crippen LogP contribution in [0.15, 0.2) is 0 Å². The van der Waals surface area contributed by atoms with Gasteiger partial charge < -0.3 is 5.11 Å². The predicted molar refractivity (Wildman–Crippen MR) is 60.9 cm³/mol. The molecule has 0 bridgehead atoms. The predicted octanol–water partition coefficient (Wildman–Crippen LogP) is 2.41. The molecule has 0 aliphatic heterocycles. The van der Waals surface area contributed by atoms with Crippen LogP contribution in [0.4, 0.5) is 0 Å². The Hall–Kier alpha value is -0.570. The summed E-state index contributed by atoms with van der Waals surface area (Å²) in [7, 11) is 0. The molecule has 1 unspecified atom stereocenters. The van der Waals surface area contributed by atoms with Gasteiger partial charge in [0.1, 0.15) is 5.54 Å². The van der Waals surface area contributed by atoms with Crippen molar-refractivity contribution in [2.24, 2.45) is 5.92 Å². The van der Waals surface area contributed by atoms with Crippen molar-refractivity contribution in [3.8, 4) is 0 Å². The summed E-state index contributed by atoms with van der Waals surface area (Å²) in [5, 5.41) is 12.5. The van der Waals surface area contributed by atoms with Gasteiger partial charge in [0.2, 0.25) is 0 Å². The molecule has 88 valence electrons. The van der Waals surface area contributed by atoms with Gasteiger partial charge in [-0.3, -0.25) is 10.1 Å². The molecule has 3 heteroatoms. The Morgan fingerprint density at radius 3 is 2.33 bits per heavy atom. The topological polar surface area (TPSA) is 49.3 Å². The van der Waals surface area contributed by atoms with Crippen molar-refractivity contribution in [1.82, 2.24) is 5.32 Å². The molecule has 0 spiro atoms. The average molecular weight is 213 g/mol. The number of carbonyl (C=O) groups is 1. The maximum Gasteiger partial charge on any atom is 0.323 e. The lowest BCUT2D eigenvalue weighted by molar-refractivity contribution is -0.144. The second kappa shape index (κ2) is 4.97. The monoisotopic (exact) mass is 213 g/mol. The van der Waals surface area contributed by atoms with Gasteiger partial charge in [-0.1, -0.05) is 13.8 Å². The molecule has 15 heavy (non-hydrogen) atoms. The van der Waals surface area contributed by atoms with Crippen molar-refractivity contribution in [2.75, 3.05) is 0 Å². The van der Waals surface area contributed by atoms with E-state index in [4.69, 9.17) is 5.11 Å². The van der Waals surface area contributed by atoms with Crippen LogP contribution in [0.1, 0.15) is 52.9 Å². The maximum absolute atomic E-state index is 11.1. The highest BCUT2D eigenvalue weighted by molar-refractivity contribution is 5.78. The Bertz CT molecular complexity index is 222. The van der Waals surface area contributed by atoms with Crippen LogP contribution in [0.3, 0.4) is 0 Å². The SMILES string of the molecule is CCC(C)(NC1CCC(C)CC1)C(=O)O. The average Bonchev–Trinajstić information content (AvgIpc) is 2.21. The molecule has 3 nitrogen and oxygen atoms in total. The van der Waals surface area contributed by atoms with Gasteiger partial charge >= 0.3 is 5.97 Å². The Labute approximate surface area is 92.3 Å². The van der Waals surface area contributed by atoms with Crippen LogP contribution in [0.25, 0.3) is 0 Å². The fourth-order valence-corrected chi connectivity index (χ4v) is 2.17. The van der Waals surface area contributed by atoms with E-state index in [1.165, 1.54) is 12.8 Å². The zero-order valence-corrected chi connectivity index (χ0v) is 10.0. The number of rotatable bonds is 4. The first kappa shape index (κ1) is 12.5.